The number of ether oxygens (including phenoxy) is 2. The van der Waals surface area contributed by atoms with Gasteiger partial charge in [0.2, 0.25) is 0 Å². The third kappa shape index (κ3) is 5.93. The molecule has 0 saturated heterocycles. The van der Waals surface area contributed by atoms with Crippen LogP contribution in [0.4, 0.5) is 0 Å². The Kier molecular flexibility index (Phi) is 7.24. The third-order valence-corrected chi connectivity index (χ3v) is 3.83. The molecule has 1 atom stereocenters. The van der Waals surface area contributed by atoms with Crippen LogP contribution < -0.4 is 10.1 Å². The normalized spacial score (nSPS) is 11.8. The summed E-state index contributed by atoms with van der Waals surface area (Å²) in [6.45, 7) is 1.85. The summed E-state index contributed by atoms with van der Waals surface area (Å²) >= 11 is 5.82. The predicted molar refractivity (Wildman–Crippen MR) is 101 cm³/mol. The summed E-state index contributed by atoms with van der Waals surface area (Å²) in [7, 11) is 1.55. The van der Waals surface area contributed by atoms with E-state index in [1.165, 1.54) is 13.0 Å². The van der Waals surface area contributed by atoms with E-state index in [9.17, 15) is 9.59 Å². The van der Waals surface area contributed by atoms with Crippen LogP contribution in [0, 0.1) is 0 Å². The third-order valence-electron chi connectivity index (χ3n) is 3.58. The predicted octanol–water partition coefficient (Wildman–Crippen LogP) is 3.61. The number of benzene rings is 2. The molecule has 0 aliphatic carbocycles. The van der Waals surface area contributed by atoms with Crippen LogP contribution in [-0.2, 0) is 20.9 Å². The highest BCUT2D eigenvalue weighted by molar-refractivity contribution is 6.30. The summed E-state index contributed by atoms with van der Waals surface area (Å²) in [6.07, 6.45) is 1.94. The Balaban J connectivity index is 1.84. The van der Waals surface area contributed by atoms with Gasteiger partial charge in [-0.15, -0.1) is 0 Å². The van der Waals surface area contributed by atoms with Crippen molar-refractivity contribution in [2.45, 2.75) is 19.6 Å². The van der Waals surface area contributed by atoms with E-state index in [1.807, 2.05) is 30.3 Å². The van der Waals surface area contributed by atoms with Crippen LogP contribution in [0.3, 0.4) is 0 Å². The first-order chi connectivity index (χ1) is 12.5. The summed E-state index contributed by atoms with van der Waals surface area (Å²) in [5.74, 6) is -0.339. The lowest BCUT2D eigenvalue weighted by Crippen LogP contribution is -2.35. The average molecular weight is 374 g/mol. The number of esters is 1. The second kappa shape index (κ2) is 9.63. The Morgan fingerprint density at radius 2 is 1.85 bits per heavy atom. The highest BCUT2D eigenvalue weighted by Gasteiger charge is 2.16. The standard InChI is InChI=1S/C20H20ClNO4/c1-14(20(24)22-13-15-7-10-17(21)11-8-15)26-19(23)12-9-16-5-3-4-6-18(16)25-2/h3-12,14H,13H2,1-2H3,(H,22,24)/b12-9+. The fourth-order valence-corrected chi connectivity index (χ4v) is 2.29. The van der Waals surface area contributed by atoms with Crippen LogP contribution in [0.5, 0.6) is 5.75 Å². The number of carbonyl (C=O) groups is 2. The summed E-state index contributed by atoms with van der Waals surface area (Å²) in [5.41, 5.74) is 1.64. The molecule has 1 unspecified atom stereocenters. The van der Waals surface area contributed by atoms with Crippen LogP contribution in [0.1, 0.15) is 18.1 Å². The number of amides is 1. The molecule has 2 aromatic rings. The Bertz CT molecular complexity index is 787. The molecular formula is C20H20ClNO4. The van der Waals surface area contributed by atoms with Gasteiger partial charge < -0.3 is 14.8 Å². The van der Waals surface area contributed by atoms with Crippen molar-refractivity contribution in [1.29, 1.82) is 0 Å². The van der Waals surface area contributed by atoms with Gasteiger partial charge in [0.15, 0.2) is 6.10 Å². The van der Waals surface area contributed by atoms with E-state index >= 15 is 0 Å². The Morgan fingerprint density at radius 1 is 1.15 bits per heavy atom. The van der Waals surface area contributed by atoms with E-state index in [0.29, 0.717) is 17.3 Å². The van der Waals surface area contributed by atoms with Crippen molar-refractivity contribution in [3.05, 3.63) is 70.8 Å². The minimum Gasteiger partial charge on any atom is -0.496 e. The number of methoxy groups -OCH3 is 1. The molecule has 6 heteroatoms. The second-order valence-corrected chi connectivity index (χ2v) is 5.94. The topological polar surface area (TPSA) is 64.6 Å². The zero-order valence-corrected chi connectivity index (χ0v) is 15.3. The van der Waals surface area contributed by atoms with Crippen LogP contribution in [0.15, 0.2) is 54.6 Å². The zero-order chi connectivity index (χ0) is 18.9. The van der Waals surface area contributed by atoms with Gasteiger partial charge in [0.25, 0.3) is 5.91 Å². The van der Waals surface area contributed by atoms with Crippen LogP contribution >= 0.6 is 11.6 Å². The molecule has 26 heavy (non-hydrogen) atoms. The molecular weight excluding hydrogens is 354 g/mol. The summed E-state index contributed by atoms with van der Waals surface area (Å²) in [6, 6.07) is 14.4. The monoisotopic (exact) mass is 373 g/mol. The van der Waals surface area contributed by atoms with E-state index in [0.717, 1.165) is 11.1 Å². The fraction of sp³-hybridized carbons (Fsp3) is 0.200. The first-order valence-electron chi connectivity index (χ1n) is 8.03. The van der Waals surface area contributed by atoms with Crippen LogP contribution in [0.25, 0.3) is 6.08 Å². The Labute approximate surface area is 157 Å². The number of para-hydroxylation sites is 1. The van der Waals surface area contributed by atoms with Gasteiger partial charge >= 0.3 is 5.97 Å². The number of carbonyl (C=O) groups excluding carboxylic acids is 2. The van der Waals surface area contributed by atoms with Gasteiger partial charge in [-0.3, -0.25) is 4.79 Å². The first-order valence-corrected chi connectivity index (χ1v) is 8.41. The molecule has 0 aromatic heterocycles. The van der Waals surface area contributed by atoms with Crippen molar-refractivity contribution >= 4 is 29.6 Å². The SMILES string of the molecule is COc1ccccc1/C=C/C(=O)OC(C)C(=O)NCc1ccc(Cl)cc1. The summed E-state index contributed by atoms with van der Waals surface area (Å²) in [5, 5.41) is 3.34. The van der Waals surface area contributed by atoms with Crippen molar-refractivity contribution < 1.29 is 19.1 Å². The maximum absolute atomic E-state index is 12.0. The highest BCUT2D eigenvalue weighted by Crippen LogP contribution is 2.18. The maximum atomic E-state index is 12.0. The quantitative estimate of drug-likeness (QED) is 0.594. The molecule has 1 N–H and O–H groups in total. The minimum absolute atomic E-state index is 0.328. The van der Waals surface area contributed by atoms with Crippen LogP contribution in [-0.4, -0.2) is 25.1 Å². The molecule has 2 aromatic carbocycles. The Morgan fingerprint density at radius 3 is 2.54 bits per heavy atom. The number of rotatable bonds is 7. The van der Waals surface area contributed by atoms with E-state index in [1.54, 1.807) is 31.4 Å². The van der Waals surface area contributed by atoms with Gasteiger partial charge in [0.1, 0.15) is 5.75 Å². The highest BCUT2D eigenvalue weighted by atomic mass is 35.5. The van der Waals surface area contributed by atoms with Gasteiger partial charge in [-0.25, -0.2) is 4.79 Å². The zero-order valence-electron chi connectivity index (χ0n) is 14.6. The molecule has 5 nitrogen and oxygen atoms in total. The lowest BCUT2D eigenvalue weighted by molar-refractivity contribution is -0.150. The van der Waals surface area contributed by atoms with Crippen molar-refractivity contribution in [3.63, 3.8) is 0 Å². The average Bonchev–Trinajstić information content (AvgIpc) is 2.65. The van der Waals surface area contributed by atoms with Gasteiger partial charge in [0, 0.05) is 23.2 Å². The molecule has 0 aliphatic rings. The molecule has 0 saturated carbocycles. The number of nitrogens with one attached hydrogen (secondary N) is 1. The molecule has 0 aliphatic heterocycles. The number of hydrogen-bond donors (Lipinski definition) is 1. The molecule has 0 bridgehead atoms. The van der Waals surface area contributed by atoms with Crippen molar-refractivity contribution in [1.82, 2.24) is 5.32 Å². The van der Waals surface area contributed by atoms with E-state index in [-0.39, 0.29) is 5.91 Å². The van der Waals surface area contributed by atoms with Gasteiger partial charge in [-0.1, -0.05) is 41.9 Å². The van der Waals surface area contributed by atoms with E-state index < -0.39 is 12.1 Å². The van der Waals surface area contributed by atoms with E-state index in [4.69, 9.17) is 21.1 Å². The smallest absolute Gasteiger partial charge is 0.331 e. The molecule has 0 fully saturated rings. The summed E-state index contributed by atoms with van der Waals surface area (Å²) in [4.78, 5) is 23.9. The van der Waals surface area contributed by atoms with E-state index in [2.05, 4.69) is 5.32 Å². The molecule has 0 radical (unpaired) electrons. The second-order valence-electron chi connectivity index (χ2n) is 5.50. The first kappa shape index (κ1) is 19.5. The Hall–Kier alpha value is -2.79. The molecule has 1 amide bonds. The molecule has 2 rings (SSSR count). The van der Waals surface area contributed by atoms with Crippen molar-refractivity contribution in [2.24, 2.45) is 0 Å². The van der Waals surface area contributed by atoms with Gasteiger partial charge in [0.05, 0.1) is 7.11 Å². The lowest BCUT2D eigenvalue weighted by Gasteiger charge is -2.12. The molecule has 0 spiro atoms. The number of halogens is 1. The van der Waals surface area contributed by atoms with Gasteiger partial charge in [-0.2, -0.15) is 0 Å². The summed E-state index contributed by atoms with van der Waals surface area (Å²) < 4.78 is 10.3. The molecule has 0 heterocycles. The lowest BCUT2D eigenvalue weighted by atomic mass is 10.2. The maximum Gasteiger partial charge on any atom is 0.331 e. The van der Waals surface area contributed by atoms with Crippen LogP contribution in [0.2, 0.25) is 5.02 Å². The van der Waals surface area contributed by atoms with Crippen molar-refractivity contribution in [2.75, 3.05) is 7.11 Å². The fourth-order valence-electron chi connectivity index (χ4n) is 2.16. The van der Waals surface area contributed by atoms with Crippen molar-refractivity contribution in [3.8, 4) is 5.75 Å². The largest absolute Gasteiger partial charge is 0.496 e. The number of hydrogen-bond acceptors (Lipinski definition) is 4. The minimum atomic E-state index is -0.905. The molecule has 136 valence electrons. The van der Waals surface area contributed by atoms with Gasteiger partial charge in [-0.05, 0) is 36.8 Å².